The Morgan fingerprint density at radius 2 is 1.93 bits per heavy atom. The summed E-state index contributed by atoms with van der Waals surface area (Å²) in [7, 11) is 0. The van der Waals surface area contributed by atoms with Crippen molar-refractivity contribution >= 4 is 16.5 Å². The van der Waals surface area contributed by atoms with E-state index in [0.29, 0.717) is 0 Å². The monoisotopic (exact) mass is 372 g/mol. The maximum atomic E-state index is 4.71. The first-order chi connectivity index (χ1) is 13.3. The predicted octanol–water partition coefficient (Wildman–Crippen LogP) is 4.48. The molecule has 0 unspecified atom stereocenters. The van der Waals surface area contributed by atoms with E-state index >= 15 is 0 Å². The molecule has 27 heavy (non-hydrogen) atoms. The maximum absolute atomic E-state index is 4.71. The van der Waals surface area contributed by atoms with Gasteiger partial charge in [0, 0.05) is 43.0 Å². The van der Waals surface area contributed by atoms with Crippen molar-refractivity contribution in [3.8, 4) is 5.69 Å². The third-order valence-electron chi connectivity index (χ3n) is 5.00. The topological polar surface area (TPSA) is 34.0 Å². The van der Waals surface area contributed by atoms with Gasteiger partial charge >= 0.3 is 0 Å². The van der Waals surface area contributed by atoms with Crippen LogP contribution in [0.15, 0.2) is 73.2 Å². The zero-order valence-corrected chi connectivity index (χ0v) is 15.8. The number of benzene rings is 2. The highest BCUT2D eigenvalue weighted by molar-refractivity contribution is 7.15. The molecule has 2 aromatic heterocycles. The summed E-state index contributed by atoms with van der Waals surface area (Å²) in [6.45, 7) is 2.00. The van der Waals surface area contributed by atoms with E-state index in [9.17, 15) is 0 Å². The molecule has 4 aromatic rings. The Kier molecular flexibility index (Phi) is 4.22. The van der Waals surface area contributed by atoms with E-state index in [0.717, 1.165) is 36.8 Å². The minimum absolute atomic E-state index is 0.900. The van der Waals surface area contributed by atoms with Gasteiger partial charge < -0.3 is 4.90 Å². The lowest BCUT2D eigenvalue weighted by atomic mass is 10.0. The van der Waals surface area contributed by atoms with E-state index in [1.165, 1.54) is 21.6 Å². The Morgan fingerprint density at radius 3 is 2.81 bits per heavy atom. The molecule has 1 aliphatic rings. The van der Waals surface area contributed by atoms with Crippen LogP contribution in [0.3, 0.4) is 0 Å². The Bertz CT molecular complexity index is 1050. The fourth-order valence-corrected chi connectivity index (χ4v) is 4.58. The predicted molar refractivity (Wildman–Crippen MR) is 110 cm³/mol. The molecule has 5 heteroatoms. The quantitative estimate of drug-likeness (QED) is 0.530. The number of thiazole rings is 1. The van der Waals surface area contributed by atoms with Crippen LogP contribution in [0.5, 0.6) is 0 Å². The minimum atomic E-state index is 0.900. The number of hydrogen-bond acceptors (Lipinski definition) is 4. The zero-order chi connectivity index (χ0) is 18.1. The summed E-state index contributed by atoms with van der Waals surface area (Å²) in [5, 5.41) is 5.45. The maximum Gasteiger partial charge on any atom is 0.185 e. The lowest BCUT2D eigenvalue weighted by molar-refractivity contribution is 0.729. The van der Waals surface area contributed by atoms with E-state index in [-0.39, 0.29) is 0 Å². The lowest BCUT2D eigenvalue weighted by Gasteiger charge is -2.28. The number of nitrogens with zero attached hydrogens (tertiary/aromatic N) is 4. The zero-order valence-electron chi connectivity index (χ0n) is 15.0. The van der Waals surface area contributed by atoms with Gasteiger partial charge in [0.2, 0.25) is 0 Å². The molecule has 0 saturated heterocycles. The van der Waals surface area contributed by atoms with Gasteiger partial charge in [-0.1, -0.05) is 36.4 Å². The van der Waals surface area contributed by atoms with Gasteiger partial charge in [-0.2, -0.15) is 5.10 Å². The Hall–Kier alpha value is -2.92. The van der Waals surface area contributed by atoms with Crippen LogP contribution >= 0.6 is 11.3 Å². The molecule has 2 aromatic carbocycles. The third-order valence-corrected chi connectivity index (χ3v) is 6.06. The summed E-state index contributed by atoms with van der Waals surface area (Å²) in [4.78, 5) is 8.40. The Balaban J connectivity index is 1.33. The summed E-state index contributed by atoms with van der Waals surface area (Å²) in [5.74, 6) is 0. The summed E-state index contributed by atoms with van der Waals surface area (Å²) < 4.78 is 1.90. The number of rotatable bonds is 4. The van der Waals surface area contributed by atoms with E-state index < -0.39 is 0 Å². The van der Waals surface area contributed by atoms with Gasteiger partial charge in [0.05, 0.1) is 5.69 Å². The van der Waals surface area contributed by atoms with Crippen LogP contribution < -0.4 is 4.90 Å². The molecule has 0 bridgehead atoms. The van der Waals surface area contributed by atoms with Crippen LogP contribution in [0.2, 0.25) is 0 Å². The highest BCUT2D eigenvalue weighted by Gasteiger charge is 2.18. The standard InChI is InChI=1S/C22H20N4S/c1-2-7-19-16-25(12-9-18(19)6-1)22-23-15-21(27-22)14-17-5-3-8-20(13-17)26-11-4-10-24-26/h1-8,10-11,13,15H,9,12,14,16H2. The van der Waals surface area contributed by atoms with Crippen molar-refractivity contribution in [1.82, 2.24) is 14.8 Å². The van der Waals surface area contributed by atoms with Gasteiger partial charge in [-0.25, -0.2) is 9.67 Å². The molecule has 3 heterocycles. The van der Waals surface area contributed by atoms with Crippen molar-refractivity contribution in [3.05, 3.63) is 94.8 Å². The van der Waals surface area contributed by atoms with E-state index in [1.807, 2.05) is 23.1 Å². The van der Waals surface area contributed by atoms with Crippen molar-refractivity contribution in [3.63, 3.8) is 0 Å². The third kappa shape index (κ3) is 3.38. The second-order valence-corrected chi connectivity index (χ2v) is 7.94. The largest absolute Gasteiger partial charge is 0.343 e. The number of fused-ring (bicyclic) bond motifs is 1. The van der Waals surface area contributed by atoms with Gasteiger partial charge in [0.1, 0.15) is 0 Å². The van der Waals surface area contributed by atoms with Crippen LogP contribution in [0.4, 0.5) is 5.13 Å². The molecule has 0 amide bonds. The molecule has 0 N–H and O–H groups in total. The van der Waals surface area contributed by atoms with Gasteiger partial charge in [0.25, 0.3) is 0 Å². The highest BCUT2D eigenvalue weighted by Crippen LogP contribution is 2.29. The molecule has 1 aliphatic heterocycles. The number of anilines is 1. The first-order valence-electron chi connectivity index (χ1n) is 9.20. The van der Waals surface area contributed by atoms with Crippen LogP contribution in [0.25, 0.3) is 5.69 Å². The van der Waals surface area contributed by atoms with Crippen molar-refractivity contribution in [2.75, 3.05) is 11.4 Å². The van der Waals surface area contributed by atoms with Gasteiger partial charge in [-0.15, -0.1) is 11.3 Å². The number of hydrogen-bond donors (Lipinski definition) is 0. The fourth-order valence-electron chi connectivity index (χ4n) is 3.62. The average molecular weight is 372 g/mol. The first-order valence-corrected chi connectivity index (χ1v) is 10.0. The molecule has 0 atom stereocenters. The summed E-state index contributed by atoms with van der Waals surface area (Å²) in [6, 6.07) is 19.2. The SMILES string of the molecule is c1cc(Cc2cnc(N3CCc4ccccc4C3)s2)cc(-n2cccn2)c1. The highest BCUT2D eigenvalue weighted by atomic mass is 32.1. The summed E-state index contributed by atoms with van der Waals surface area (Å²) in [6.07, 6.45) is 7.80. The van der Waals surface area contributed by atoms with Gasteiger partial charge in [-0.05, 0) is 41.3 Å². The molecule has 0 spiro atoms. The molecular weight excluding hydrogens is 352 g/mol. The first kappa shape index (κ1) is 16.3. The molecule has 0 saturated carbocycles. The minimum Gasteiger partial charge on any atom is -0.343 e. The molecule has 5 rings (SSSR count). The van der Waals surface area contributed by atoms with Crippen LogP contribution in [0.1, 0.15) is 21.6 Å². The van der Waals surface area contributed by atoms with Crippen molar-refractivity contribution in [2.24, 2.45) is 0 Å². The number of aromatic nitrogens is 3. The van der Waals surface area contributed by atoms with Crippen molar-refractivity contribution in [2.45, 2.75) is 19.4 Å². The molecule has 0 radical (unpaired) electrons. The fraction of sp³-hybridized carbons (Fsp3) is 0.182. The smallest absolute Gasteiger partial charge is 0.185 e. The van der Waals surface area contributed by atoms with E-state index in [4.69, 9.17) is 4.98 Å². The van der Waals surface area contributed by atoms with Crippen LogP contribution in [0, 0.1) is 0 Å². The molecule has 0 fully saturated rings. The van der Waals surface area contributed by atoms with Gasteiger partial charge in [0.15, 0.2) is 5.13 Å². The molecule has 134 valence electrons. The van der Waals surface area contributed by atoms with Crippen molar-refractivity contribution < 1.29 is 0 Å². The Labute approximate surface area is 162 Å². The van der Waals surface area contributed by atoms with Crippen molar-refractivity contribution in [1.29, 1.82) is 0 Å². The molecular formula is C22H20N4S. The van der Waals surface area contributed by atoms with Crippen LogP contribution in [-0.4, -0.2) is 21.3 Å². The Morgan fingerprint density at radius 1 is 1.00 bits per heavy atom. The average Bonchev–Trinajstić information content (AvgIpc) is 3.40. The van der Waals surface area contributed by atoms with Gasteiger partial charge in [-0.3, -0.25) is 0 Å². The normalized spacial score (nSPS) is 13.6. The molecule has 4 nitrogen and oxygen atoms in total. The second-order valence-electron chi connectivity index (χ2n) is 6.85. The van der Waals surface area contributed by atoms with E-state index in [1.54, 1.807) is 17.5 Å². The summed E-state index contributed by atoms with van der Waals surface area (Å²) in [5.41, 5.74) is 5.27. The lowest BCUT2D eigenvalue weighted by Crippen LogP contribution is -2.30. The second kappa shape index (κ2) is 7.00. The van der Waals surface area contributed by atoms with Crippen LogP contribution in [-0.2, 0) is 19.4 Å². The summed E-state index contributed by atoms with van der Waals surface area (Å²) >= 11 is 1.80. The molecule has 0 aliphatic carbocycles. The van der Waals surface area contributed by atoms with E-state index in [2.05, 4.69) is 58.5 Å².